The van der Waals surface area contributed by atoms with E-state index in [0.29, 0.717) is 0 Å². The molecule has 0 amide bonds. The number of nitrogens with zero attached hydrogens (tertiary/aromatic N) is 2. The number of hydrogen-bond acceptors (Lipinski definition) is 4. The van der Waals surface area contributed by atoms with Crippen molar-refractivity contribution >= 4 is 17.3 Å². The molecule has 0 spiro atoms. The van der Waals surface area contributed by atoms with Crippen LogP contribution in [0.2, 0.25) is 0 Å². The highest BCUT2D eigenvalue weighted by Crippen LogP contribution is 2.20. The predicted molar refractivity (Wildman–Crippen MR) is 79.9 cm³/mol. The van der Waals surface area contributed by atoms with Gasteiger partial charge in [0.05, 0.1) is 12.4 Å². The topological polar surface area (TPSA) is 49.8 Å². The molecule has 4 heteroatoms. The van der Waals surface area contributed by atoms with Crippen molar-refractivity contribution in [3.05, 3.63) is 42.2 Å². The van der Waals surface area contributed by atoms with Crippen molar-refractivity contribution in [3.63, 3.8) is 0 Å². The molecule has 1 heterocycles. The van der Waals surface area contributed by atoms with Crippen molar-refractivity contribution < 1.29 is 0 Å². The summed E-state index contributed by atoms with van der Waals surface area (Å²) in [5, 5.41) is 6.56. The van der Waals surface area contributed by atoms with E-state index < -0.39 is 0 Å². The summed E-state index contributed by atoms with van der Waals surface area (Å²) in [5.74, 6) is 1.57. The normalized spacial score (nSPS) is 10.2. The van der Waals surface area contributed by atoms with Crippen LogP contribution in [0.25, 0.3) is 0 Å². The fourth-order valence-corrected chi connectivity index (χ4v) is 1.85. The Morgan fingerprint density at radius 2 is 1.84 bits per heavy atom. The minimum Gasteiger partial charge on any atom is -0.369 e. The summed E-state index contributed by atoms with van der Waals surface area (Å²) in [6.45, 7) is 5.18. The molecule has 2 N–H and O–H groups in total. The highest BCUT2D eigenvalue weighted by atomic mass is 15.1. The molecule has 0 aliphatic heterocycles. The summed E-state index contributed by atoms with van der Waals surface area (Å²) in [7, 11) is 0. The Balaban J connectivity index is 2.14. The van der Waals surface area contributed by atoms with Crippen LogP contribution in [0, 0.1) is 0 Å². The van der Waals surface area contributed by atoms with E-state index in [9.17, 15) is 0 Å². The number of anilines is 3. The molecule has 0 bridgehead atoms. The number of hydrogen-bond donors (Lipinski definition) is 2. The van der Waals surface area contributed by atoms with Gasteiger partial charge in [-0.3, -0.25) is 4.98 Å². The van der Waals surface area contributed by atoms with Crippen molar-refractivity contribution in [2.24, 2.45) is 0 Å². The van der Waals surface area contributed by atoms with Crippen LogP contribution in [-0.4, -0.2) is 16.5 Å². The Bertz CT molecular complexity index is 525. The summed E-state index contributed by atoms with van der Waals surface area (Å²) in [4.78, 5) is 8.70. The van der Waals surface area contributed by atoms with Gasteiger partial charge in [0.2, 0.25) is 0 Å². The van der Waals surface area contributed by atoms with E-state index in [0.717, 1.165) is 36.7 Å². The molecule has 2 rings (SSSR count). The average Bonchev–Trinajstić information content (AvgIpc) is 2.46. The molecule has 0 aliphatic rings. The SMILES string of the molecule is CCCNc1cncc(Nc2ccccc2CC)n1. The number of benzene rings is 1. The van der Waals surface area contributed by atoms with Crippen molar-refractivity contribution in [1.29, 1.82) is 0 Å². The zero-order chi connectivity index (χ0) is 13.5. The number of aryl methyl sites for hydroxylation is 1. The van der Waals surface area contributed by atoms with Gasteiger partial charge >= 0.3 is 0 Å². The van der Waals surface area contributed by atoms with Crippen LogP contribution in [0.1, 0.15) is 25.8 Å². The van der Waals surface area contributed by atoms with Crippen molar-refractivity contribution in [2.45, 2.75) is 26.7 Å². The molecule has 1 aromatic carbocycles. The fraction of sp³-hybridized carbons (Fsp3) is 0.333. The van der Waals surface area contributed by atoms with Gasteiger partial charge in [-0.1, -0.05) is 32.0 Å². The molecule has 100 valence electrons. The molecule has 0 atom stereocenters. The van der Waals surface area contributed by atoms with E-state index in [1.807, 2.05) is 6.07 Å². The molecule has 0 aliphatic carbocycles. The zero-order valence-electron chi connectivity index (χ0n) is 11.5. The fourth-order valence-electron chi connectivity index (χ4n) is 1.85. The first-order valence-electron chi connectivity index (χ1n) is 6.74. The largest absolute Gasteiger partial charge is 0.369 e. The lowest BCUT2D eigenvalue weighted by molar-refractivity contribution is 0.965. The molecule has 1 aromatic heterocycles. The highest BCUT2D eigenvalue weighted by molar-refractivity contribution is 5.60. The Kier molecular flexibility index (Phi) is 4.72. The molecule has 4 nitrogen and oxygen atoms in total. The predicted octanol–water partition coefficient (Wildman–Crippen LogP) is 3.60. The van der Waals surface area contributed by atoms with Gasteiger partial charge < -0.3 is 10.6 Å². The minimum absolute atomic E-state index is 0.766. The van der Waals surface area contributed by atoms with Crippen LogP contribution >= 0.6 is 0 Å². The van der Waals surface area contributed by atoms with Crippen molar-refractivity contribution in [3.8, 4) is 0 Å². The minimum atomic E-state index is 0.766. The first kappa shape index (κ1) is 13.3. The van der Waals surface area contributed by atoms with Gasteiger partial charge in [0.25, 0.3) is 0 Å². The monoisotopic (exact) mass is 256 g/mol. The van der Waals surface area contributed by atoms with Gasteiger partial charge in [-0.2, -0.15) is 0 Å². The number of para-hydroxylation sites is 1. The molecule has 0 saturated heterocycles. The standard InChI is InChI=1S/C15H20N4/c1-3-9-17-14-10-16-11-15(19-14)18-13-8-6-5-7-12(13)4-2/h5-8,10-11H,3-4,9H2,1-2H3,(H2,17,18,19). The smallest absolute Gasteiger partial charge is 0.151 e. The zero-order valence-corrected chi connectivity index (χ0v) is 11.5. The van der Waals surface area contributed by atoms with Crippen molar-refractivity contribution in [2.75, 3.05) is 17.2 Å². The van der Waals surface area contributed by atoms with Crippen LogP contribution < -0.4 is 10.6 Å². The Labute approximate surface area is 114 Å². The Morgan fingerprint density at radius 1 is 1.05 bits per heavy atom. The third-order valence-electron chi connectivity index (χ3n) is 2.85. The quantitative estimate of drug-likeness (QED) is 0.829. The van der Waals surface area contributed by atoms with Gasteiger partial charge in [-0.15, -0.1) is 0 Å². The number of rotatable bonds is 6. The number of nitrogens with one attached hydrogen (secondary N) is 2. The first-order chi connectivity index (χ1) is 9.33. The van der Waals surface area contributed by atoms with Gasteiger partial charge in [0.1, 0.15) is 5.82 Å². The molecule has 0 saturated carbocycles. The van der Waals surface area contributed by atoms with Crippen molar-refractivity contribution in [1.82, 2.24) is 9.97 Å². The van der Waals surface area contributed by atoms with E-state index in [1.54, 1.807) is 12.4 Å². The lowest BCUT2D eigenvalue weighted by atomic mass is 10.1. The molecular formula is C15H20N4. The lowest BCUT2D eigenvalue weighted by Gasteiger charge is -2.11. The molecule has 0 unspecified atom stereocenters. The third-order valence-corrected chi connectivity index (χ3v) is 2.85. The maximum atomic E-state index is 4.50. The van der Waals surface area contributed by atoms with Crippen LogP contribution in [-0.2, 0) is 6.42 Å². The van der Waals surface area contributed by atoms with E-state index in [4.69, 9.17) is 0 Å². The summed E-state index contributed by atoms with van der Waals surface area (Å²) in [5.41, 5.74) is 2.36. The summed E-state index contributed by atoms with van der Waals surface area (Å²) in [6.07, 6.45) is 5.54. The second kappa shape index (κ2) is 6.73. The first-order valence-corrected chi connectivity index (χ1v) is 6.74. The van der Waals surface area contributed by atoms with Gasteiger partial charge in [0.15, 0.2) is 5.82 Å². The lowest BCUT2D eigenvalue weighted by Crippen LogP contribution is -2.04. The summed E-state index contributed by atoms with van der Waals surface area (Å²) >= 11 is 0. The Morgan fingerprint density at radius 3 is 2.63 bits per heavy atom. The van der Waals surface area contributed by atoms with Crippen LogP contribution in [0.3, 0.4) is 0 Å². The Hall–Kier alpha value is -2.10. The highest BCUT2D eigenvalue weighted by Gasteiger charge is 2.02. The molecule has 0 radical (unpaired) electrons. The second-order valence-corrected chi connectivity index (χ2v) is 4.35. The second-order valence-electron chi connectivity index (χ2n) is 4.35. The van der Waals surface area contributed by atoms with Gasteiger partial charge in [-0.05, 0) is 24.5 Å². The molecule has 0 fully saturated rings. The maximum Gasteiger partial charge on any atom is 0.151 e. The average molecular weight is 256 g/mol. The molecule has 2 aromatic rings. The summed E-state index contributed by atoms with van der Waals surface area (Å²) in [6, 6.07) is 8.25. The third kappa shape index (κ3) is 3.68. The van der Waals surface area contributed by atoms with Gasteiger partial charge in [-0.25, -0.2) is 4.98 Å². The number of aromatic nitrogens is 2. The van der Waals surface area contributed by atoms with Crippen LogP contribution in [0.5, 0.6) is 0 Å². The van der Waals surface area contributed by atoms with Gasteiger partial charge in [0, 0.05) is 12.2 Å². The molecular weight excluding hydrogens is 236 g/mol. The summed E-state index contributed by atoms with van der Waals surface area (Å²) < 4.78 is 0. The maximum absolute atomic E-state index is 4.50. The van der Waals surface area contributed by atoms with E-state index in [1.165, 1.54) is 5.56 Å². The van der Waals surface area contributed by atoms with Crippen LogP contribution in [0.15, 0.2) is 36.7 Å². The van der Waals surface area contributed by atoms with E-state index >= 15 is 0 Å². The van der Waals surface area contributed by atoms with Crippen LogP contribution in [0.4, 0.5) is 17.3 Å². The van der Waals surface area contributed by atoms with E-state index in [-0.39, 0.29) is 0 Å². The molecule has 19 heavy (non-hydrogen) atoms. The van der Waals surface area contributed by atoms with E-state index in [2.05, 4.69) is 52.6 Å².